The van der Waals surface area contributed by atoms with Gasteiger partial charge in [-0.3, -0.25) is 0 Å². The van der Waals surface area contributed by atoms with Crippen molar-refractivity contribution in [3.05, 3.63) is 33.8 Å². The zero-order valence-electron chi connectivity index (χ0n) is 7.63. The maximum Gasteiger partial charge on any atom is 0.0609 e. The number of aliphatic hydroxyl groups excluding tert-OH is 1. The second-order valence-corrected chi connectivity index (χ2v) is 4.65. The molecular formula is C11H13BrO. The number of aryl methyl sites for hydroxylation is 1. The van der Waals surface area contributed by atoms with E-state index in [0.717, 1.165) is 17.3 Å². The summed E-state index contributed by atoms with van der Waals surface area (Å²) in [5.41, 5.74) is 2.69. The molecule has 1 aliphatic rings. The Bertz CT molecular complexity index is 322. The molecule has 13 heavy (non-hydrogen) atoms. The normalized spacial score (nSPS) is 27.0. The highest BCUT2D eigenvalue weighted by Crippen LogP contribution is 2.32. The van der Waals surface area contributed by atoms with E-state index in [1.807, 2.05) is 6.07 Å². The zero-order chi connectivity index (χ0) is 9.42. The molecule has 0 amide bonds. The molecule has 0 heterocycles. The summed E-state index contributed by atoms with van der Waals surface area (Å²) >= 11 is 3.46. The number of fused-ring (bicyclic) bond motifs is 1. The molecule has 0 saturated carbocycles. The molecule has 0 bridgehead atoms. The molecule has 1 aromatic rings. The van der Waals surface area contributed by atoms with Crippen molar-refractivity contribution in [3.63, 3.8) is 0 Å². The highest BCUT2D eigenvalue weighted by Gasteiger charge is 2.23. The SMILES string of the molecule is CC1c2ccc(Br)cc2CCC1O. The molecule has 0 saturated heterocycles. The fraction of sp³-hybridized carbons (Fsp3) is 0.455. The Hall–Kier alpha value is -0.340. The number of hydrogen-bond donors (Lipinski definition) is 1. The van der Waals surface area contributed by atoms with Crippen molar-refractivity contribution in [1.29, 1.82) is 0 Å². The molecule has 1 aromatic carbocycles. The number of benzene rings is 1. The fourth-order valence-corrected chi connectivity index (χ4v) is 2.40. The Labute approximate surface area is 86.9 Å². The molecule has 2 heteroatoms. The van der Waals surface area contributed by atoms with E-state index in [1.165, 1.54) is 11.1 Å². The van der Waals surface area contributed by atoms with E-state index >= 15 is 0 Å². The molecule has 2 atom stereocenters. The van der Waals surface area contributed by atoms with E-state index in [4.69, 9.17) is 0 Å². The summed E-state index contributed by atoms with van der Waals surface area (Å²) in [6, 6.07) is 6.33. The summed E-state index contributed by atoms with van der Waals surface area (Å²) in [4.78, 5) is 0. The maximum atomic E-state index is 9.68. The highest BCUT2D eigenvalue weighted by atomic mass is 79.9. The minimum Gasteiger partial charge on any atom is -0.392 e. The summed E-state index contributed by atoms with van der Waals surface area (Å²) in [6.45, 7) is 2.09. The number of rotatable bonds is 0. The van der Waals surface area contributed by atoms with Crippen molar-refractivity contribution in [2.24, 2.45) is 0 Å². The Morgan fingerprint density at radius 1 is 1.46 bits per heavy atom. The van der Waals surface area contributed by atoms with E-state index in [1.54, 1.807) is 0 Å². The van der Waals surface area contributed by atoms with Gasteiger partial charge < -0.3 is 5.11 Å². The predicted molar refractivity (Wildman–Crippen MR) is 56.9 cm³/mol. The highest BCUT2D eigenvalue weighted by molar-refractivity contribution is 9.10. The molecule has 0 radical (unpaired) electrons. The molecule has 2 unspecified atom stereocenters. The first kappa shape index (κ1) is 9.22. The molecular weight excluding hydrogens is 228 g/mol. The van der Waals surface area contributed by atoms with Gasteiger partial charge in [-0.05, 0) is 36.1 Å². The first-order valence-corrected chi connectivity index (χ1v) is 5.44. The quantitative estimate of drug-likeness (QED) is 0.740. The van der Waals surface area contributed by atoms with E-state index < -0.39 is 0 Å². The monoisotopic (exact) mass is 240 g/mol. The molecule has 70 valence electrons. The molecule has 0 aliphatic heterocycles. The van der Waals surface area contributed by atoms with Gasteiger partial charge in [-0.15, -0.1) is 0 Å². The van der Waals surface area contributed by atoms with Gasteiger partial charge in [0.05, 0.1) is 6.10 Å². The fourth-order valence-electron chi connectivity index (χ4n) is 2.00. The smallest absolute Gasteiger partial charge is 0.0609 e. The van der Waals surface area contributed by atoms with Crippen molar-refractivity contribution in [1.82, 2.24) is 0 Å². The van der Waals surface area contributed by atoms with Gasteiger partial charge in [-0.1, -0.05) is 28.9 Å². The average molecular weight is 241 g/mol. The number of halogens is 1. The Morgan fingerprint density at radius 2 is 2.23 bits per heavy atom. The van der Waals surface area contributed by atoms with Crippen LogP contribution in [0.1, 0.15) is 30.4 Å². The van der Waals surface area contributed by atoms with Gasteiger partial charge >= 0.3 is 0 Å². The van der Waals surface area contributed by atoms with Gasteiger partial charge in [0.25, 0.3) is 0 Å². The van der Waals surface area contributed by atoms with Crippen LogP contribution in [0.3, 0.4) is 0 Å². The van der Waals surface area contributed by atoms with Gasteiger partial charge in [0.1, 0.15) is 0 Å². The van der Waals surface area contributed by atoms with Gasteiger partial charge in [0, 0.05) is 10.4 Å². The van der Waals surface area contributed by atoms with Crippen LogP contribution < -0.4 is 0 Å². The van der Waals surface area contributed by atoms with Crippen LogP contribution in [0, 0.1) is 0 Å². The topological polar surface area (TPSA) is 20.2 Å². The summed E-state index contributed by atoms with van der Waals surface area (Å²) in [5.74, 6) is 0.289. The lowest BCUT2D eigenvalue weighted by molar-refractivity contribution is 0.132. The molecule has 0 spiro atoms. The molecule has 2 rings (SSSR count). The molecule has 0 fully saturated rings. The number of aliphatic hydroxyl groups is 1. The van der Waals surface area contributed by atoms with Crippen molar-refractivity contribution in [2.45, 2.75) is 31.8 Å². The van der Waals surface area contributed by atoms with Crippen LogP contribution in [0.15, 0.2) is 22.7 Å². The molecule has 1 aliphatic carbocycles. The van der Waals surface area contributed by atoms with Crippen LogP contribution in [-0.4, -0.2) is 11.2 Å². The Morgan fingerprint density at radius 3 is 3.00 bits per heavy atom. The van der Waals surface area contributed by atoms with E-state index in [2.05, 4.69) is 35.0 Å². The minimum atomic E-state index is -0.159. The van der Waals surface area contributed by atoms with Crippen LogP contribution in [0.5, 0.6) is 0 Å². The average Bonchev–Trinajstić information content (AvgIpc) is 2.12. The van der Waals surface area contributed by atoms with Crippen LogP contribution >= 0.6 is 15.9 Å². The summed E-state index contributed by atoms with van der Waals surface area (Å²) < 4.78 is 1.13. The van der Waals surface area contributed by atoms with Crippen molar-refractivity contribution < 1.29 is 5.11 Å². The molecule has 1 nitrogen and oxygen atoms in total. The van der Waals surface area contributed by atoms with Crippen molar-refractivity contribution >= 4 is 15.9 Å². The third-order valence-electron chi connectivity index (χ3n) is 2.88. The van der Waals surface area contributed by atoms with Crippen molar-refractivity contribution in [2.75, 3.05) is 0 Å². The van der Waals surface area contributed by atoms with Crippen LogP contribution in [0.4, 0.5) is 0 Å². The van der Waals surface area contributed by atoms with Crippen molar-refractivity contribution in [3.8, 4) is 0 Å². The maximum absolute atomic E-state index is 9.68. The van der Waals surface area contributed by atoms with Gasteiger partial charge in [0.15, 0.2) is 0 Å². The van der Waals surface area contributed by atoms with Crippen LogP contribution in [-0.2, 0) is 6.42 Å². The third-order valence-corrected chi connectivity index (χ3v) is 3.38. The predicted octanol–water partition coefficient (Wildman–Crippen LogP) is 2.86. The van der Waals surface area contributed by atoms with Crippen LogP contribution in [0.2, 0.25) is 0 Å². The first-order valence-electron chi connectivity index (χ1n) is 4.65. The van der Waals surface area contributed by atoms with Crippen LogP contribution in [0.25, 0.3) is 0 Å². The van der Waals surface area contributed by atoms with Gasteiger partial charge in [0.2, 0.25) is 0 Å². The third kappa shape index (κ3) is 1.65. The Kier molecular flexibility index (Phi) is 2.43. The minimum absolute atomic E-state index is 0.159. The van der Waals surface area contributed by atoms with E-state index in [-0.39, 0.29) is 12.0 Å². The summed E-state index contributed by atoms with van der Waals surface area (Å²) in [6.07, 6.45) is 1.74. The lowest BCUT2D eigenvalue weighted by Crippen LogP contribution is -2.22. The van der Waals surface area contributed by atoms with Gasteiger partial charge in [-0.2, -0.15) is 0 Å². The summed E-state index contributed by atoms with van der Waals surface area (Å²) in [7, 11) is 0. The molecule has 0 aromatic heterocycles. The van der Waals surface area contributed by atoms with E-state index in [0.29, 0.717) is 0 Å². The zero-order valence-corrected chi connectivity index (χ0v) is 9.21. The first-order chi connectivity index (χ1) is 6.18. The second-order valence-electron chi connectivity index (χ2n) is 3.74. The standard InChI is InChI=1S/C11H13BrO/c1-7-10-4-3-9(12)6-8(10)2-5-11(7)13/h3-4,6-7,11,13H,2,5H2,1H3. The summed E-state index contributed by atoms with van der Waals surface area (Å²) in [5, 5.41) is 9.68. The molecule has 1 N–H and O–H groups in total. The lowest BCUT2D eigenvalue weighted by Gasteiger charge is -2.27. The number of hydrogen-bond acceptors (Lipinski definition) is 1. The Balaban J connectivity index is 2.44. The van der Waals surface area contributed by atoms with Gasteiger partial charge in [-0.25, -0.2) is 0 Å². The lowest BCUT2D eigenvalue weighted by atomic mass is 9.82. The van der Waals surface area contributed by atoms with E-state index in [9.17, 15) is 5.11 Å². The largest absolute Gasteiger partial charge is 0.392 e. The second kappa shape index (κ2) is 3.43.